The Morgan fingerprint density at radius 2 is 2.27 bits per heavy atom. The van der Waals surface area contributed by atoms with Crippen LogP contribution in [0.4, 0.5) is 5.69 Å². The molecule has 1 aliphatic rings. The van der Waals surface area contributed by atoms with Gasteiger partial charge in [0.05, 0.1) is 30.2 Å². The van der Waals surface area contributed by atoms with Crippen LogP contribution in [0.25, 0.3) is 10.8 Å². The zero-order valence-electron chi connectivity index (χ0n) is 14.3. The molecule has 0 aliphatic carbocycles. The van der Waals surface area contributed by atoms with E-state index >= 15 is 0 Å². The Bertz CT molecular complexity index is 901. The summed E-state index contributed by atoms with van der Waals surface area (Å²) in [6, 6.07) is 1.74. The van der Waals surface area contributed by atoms with Crippen molar-refractivity contribution >= 4 is 22.9 Å². The number of aryl methyl sites for hydroxylation is 1. The molecule has 26 heavy (non-hydrogen) atoms. The molecule has 1 saturated heterocycles. The van der Waals surface area contributed by atoms with Crippen molar-refractivity contribution in [2.75, 3.05) is 11.9 Å². The van der Waals surface area contributed by atoms with Crippen molar-refractivity contribution in [1.82, 2.24) is 24.7 Å². The van der Waals surface area contributed by atoms with E-state index in [1.807, 2.05) is 6.20 Å². The standard InChI is InChI=1S/C17H18N6O2S/c1-11-14(26-17(21-11)15-18-5-3-6-19-15)16(24)22-12-8-20-23(9-12)10-13-4-2-7-25-13/h3,5-6,8-9,13H,2,4,7,10H2,1H3,(H,22,24). The zero-order valence-corrected chi connectivity index (χ0v) is 15.1. The van der Waals surface area contributed by atoms with E-state index in [2.05, 4.69) is 25.4 Å². The number of hydrogen-bond donors (Lipinski definition) is 1. The van der Waals surface area contributed by atoms with E-state index in [0.717, 1.165) is 19.4 Å². The summed E-state index contributed by atoms with van der Waals surface area (Å²) >= 11 is 1.28. The molecule has 134 valence electrons. The Balaban J connectivity index is 1.45. The van der Waals surface area contributed by atoms with Gasteiger partial charge in [-0.3, -0.25) is 9.48 Å². The molecule has 0 saturated carbocycles. The molecule has 0 aromatic carbocycles. The van der Waals surface area contributed by atoms with Gasteiger partial charge in [-0.25, -0.2) is 15.0 Å². The highest BCUT2D eigenvalue weighted by Crippen LogP contribution is 2.26. The average molecular weight is 370 g/mol. The molecule has 0 bridgehead atoms. The Kier molecular flexibility index (Phi) is 4.72. The predicted molar refractivity (Wildman–Crippen MR) is 97.0 cm³/mol. The van der Waals surface area contributed by atoms with Crippen LogP contribution in [0.5, 0.6) is 0 Å². The Morgan fingerprint density at radius 1 is 1.42 bits per heavy atom. The molecular weight excluding hydrogens is 352 g/mol. The summed E-state index contributed by atoms with van der Waals surface area (Å²) in [7, 11) is 0. The van der Waals surface area contributed by atoms with Gasteiger partial charge in [-0.1, -0.05) is 0 Å². The smallest absolute Gasteiger partial charge is 0.267 e. The van der Waals surface area contributed by atoms with Crippen molar-refractivity contribution in [2.24, 2.45) is 0 Å². The fourth-order valence-corrected chi connectivity index (χ4v) is 3.73. The van der Waals surface area contributed by atoms with Crippen LogP contribution in [-0.4, -0.2) is 43.4 Å². The molecule has 1 atom stereocenters. The summed E-state index contributed by atoms with van der Waals surface area (Å²) < 4.78 is 7.41. The molecule has 3 aromatic rings. The van der Waals surface area contributed by atoms with Crippen molar-refractivity contribution < 1.29 is 9.53 Å². The van der Waals surface area contributed by atoms with Gasteiger partial charge in [-0.15, -0.1) is 11.3 Å². The van der Waals surface area contributed by atoms with Crippen molar-refractivity contribution in [3.05, 3.63) is 41.4 Å². The predicted octanol–water partition coefficient (Wildman–Crippen LogP) is 2.54. The lowest BCUT2D eigenvalue weighted by molar-refractivity contribution is 0.0940. The normalized spacial score (nSPS) is 16.7. The van der Waals surface area contributed by atoms with E-state index in [1.54, 1.807) is 36.3 Å². The number of amides is 1. The molecule has 1 fully saturated rings. The number of nitrogens with one attached hydrogen (secondary N) is 1. The van der Waals surface area contributed by atoms with Crippen LogP contribution >= 0.6 is 11.3 Å². The third-order valence-corrected chi connectivity index (χ3v) is 5.22. The monoisotopic (exact) mass is 370 g/mol. The molecule has 8 nitrogen and oxygen atoms in total. The number of ether oxygens (including phenoxy) is 1. The highest BCUT2D eigenvalue weighted by Gasteiger charge is 2.19. The van der Waals surface area contributed by atoms with E-state index < -0.39 is 0 Å². The van der Waals surface area contributed by atoms with Crippen molar-refractivity contribution in [3.63, 3.8) is 0 Å². The van der Waals surface area contributed by atoms with E-state index in [-0.39, 0.29) is 12.0 Å². The van der Waals surface area contributed by atoms with Crippen molar-refractivity contribution in [3.8, 4) is 10.8 Å². The summed E-state index contributed by atoms with van der Waals surface area (Å²) in [5.74, 6) is 0.308. The molecule has 1 N–H and O–H groups in total. The third-order valence-electron chi connectivity index (χ3n) is 4.07. The van der Waals surface area contributed by atoms with Gasteiger partial charge < -0.3 is 10.1 Å². The van der Waals surface area contributed by atoms with Gasteiger partial charge in [0.25, 0.3) is 5.91 Å². The SMILES string of the molecule is Cc1nc(-c2ncccn2)sc1C(=O)Nc1cnn(CC2CCCO2)c1. The summed E-state index contributed by atoms with van der Waals surface area (Å²) in [6.07, 6.45) is 9.11. The maximum Gasteiger partial charge on any atom is 0.267 e. The molecule has 1 amide bonds. The minimum atomic E-state index is -0.209. The van der Waals surface area contributed by atoms with Crippen molar-refractivity contribution in [1.29, 1.82) is 0 Å². The van der Waals surface area contributed by atoms with Gasteiger partial charge in [0.15, 0.2) is 10.8 Å². The Morgan fingerprint density at radius 3 is 3.04 bits per heavy atom. The molecule has 9 heteroatoms. The molecule has 4 rings (SSSR count). The largest absolute Gasteiger partial charge is 0.376 e. The first-order valence-corrected chi connectivity index (χ1v) is 9.21. The molecule has 0 spiro atoms. The second-order valence-electron chi connectivity index (χ2n) is 6.05. The maximum absolute atomic E-state index is 12.6. The summed E-state index contributed by atoms with van der Waals surface area (Å²) in [5.41, 5.74) is 1.31. The van der Waals surface area contributed by atoms with Crippen LogP contribution in [0, 0.1) is 6.92 Å². The number of carbonyl (C=O) groups is 1. The second kappa shape index (κ2) is 7.30. The van der Waals surface area contributed by atoms with Crippen molar-refractivity contribution in [2.45, 2.75) is 32.4 Å². The van der Waals surface area contributed by atoms with Gasteiger partial charge in [0.2, 0.25) is 0 Å². The van der Waals surface area contributed by atoms with Gasteiger partial charge in [-0.2, -0.15) is 5.10 Å². The Hall–Kier alpha value is -2.65. The third kappa shape index (κ3) is 3.63. The molecule has 1 unspecified atom stereocenters. The molecule has 4 heterocycles. The van der Waals surface area contributed by atoms with Gasteiger partial charge in [0.1, 0.15) is 4.88 Å². The number of aromatic nitrogens is 5. The lowest BCUT2D eigenvalue weighted by atomic mass is 10.2. The fourth-order valence-electron chi connectivity index (χ4n) is 2.83. The summed E-state index contributed by atoms with van der Waals surface area (Å²) in [6.45, 7) is 3.32. The highest BCUT2D eigenvalue weighted by atomic mass is 32.1. The van der Waals surface area contributed by atoms with Crippen LogP contribution in [0.15, 0.2) is 30.9 Å². The number of nitrogens with zero attached hydrogens (tertiary/aromatic N) is 5. The maximum atomic E-state index is 12.6. The first-order chi connectivity index (χ1) is 12.7. The zero-order chi connectivity index (χ0) is 17.9. The first-order valence-electron chi connectivity index (χ1n) is 8.39. The highest BCUT2D eigenvalue weighted by molar-refractivity contribution is 7.17. The lowest BCUT2D eigenvalue weighted by Gasteiger charge is -2.08. The van der Waals surface area contributed by atoms with Gasteiger partial charge in [-0.05, 0) is 25.8 Å². The number of hydrogen-bond acceptors (Lipinski definition) is 7. The minimum Gasteiger partial charge on any atom is -0.376 e. The summed E-state index contributed by atoms with van der Waals surface area (Å²) in [4.78, 5) is 25.9. The van der Waals surface area contributed by atoms with E-state index in [4.69, 9.17) is 4.74 Å². The average Bonchev–Trinajstić information content (AvgIpc) is 3.38. The van der Waals surface area contributed by atoms with Gasteiger partial charge in [0, 0.05) is 25.2 Å². The van der Waals surface area contributed by atoms with Gasteiger partial charge >= 0.3 is 0 Å². The number of anilines is 1. The Labute approximate surface area is 154 Å². The molecule has 1 aliphatic heterocycles. The summed E-state index contributed by atoms with van der Waals surface area (Å²) in [5, 5.41) is 7.79. The van der Waals surface area contributed by atoms with E-state index in [1.165, 1.54) is 11.3 Å². The quantitative estimate of drug-likeness (QED) is 0.742. The van der Waals surface area contributed by atoms with Crippen LogP contribution < -0.4 is 5.32 Å². The lowest BCUT2D eigenvalue weighted by Crippen LogP contribution is -2.15. The minimum absolute atomic E-state index is 0.204. The van der Waals surface area contributed by atoms with Crippen LogP contribution in [0.2, 0.25) is 0 Å². The van der Waals surface area contributed by atoms with Crippen LogP contribution in [0.3, 0.4) is 0 Å². The number of rotatable bonds is 5. The number of carbonyl (C=O) groups excluding carboxylic acids is 1. The first kappa shape index (κ1) is 16.8. The fraction of sp³-hybridized carbons (Fsp3) is 0.353. The second-order valence-corrected chi connectivity index (χ2v) is 7.05. The number of thiazole rings is 1. The van der Waals surface area contributed by atoms with Crippen LogP contribution in [-0.2, 0) is 11.3 Å². The molecular formula is C17H18N6O2S. The molecule has 0 radical (unpaired) electrons. The van der Waals surface area contributed by atoms with E-state index in [9.17, 15) is 4.79 Å². The van der Waals surface area contributed by atoms with E-state index in [0.29, 0.717) is 33.6 Å². The topological polar surface area (TPSA) is 94.8 Å². The van der Waals surface area contributed by atoms with Crippen LogP contribution in [0.1, 0.15) is 28.2 Å². The molecule has 3 aromatic heterocycles.